The Hall–Kier alpha value is -2.44. The van der Waals surface area contributed by atoms with Crippen LogP contribution in [0.4, 0.5) is 0 Å². The molecule has 0 radical (unpaired) electrons. The van der Waals surface area contributed by atoms with Crippen LogP contribution < -0.4 is 0 Å². The predicted octanol–water partition coefficient (Wildman–Crippen LogP) is 2.79. The van der Waals surface area contributed by atoms with E-state index in [1.165, 1.54) is 13.3 Å². The van der Waals surface area contributed by atoms with Gasteiger partial charge in [0.05, 0.1) is 23.5 Å². The monoisotopic (exact) mass is 365 g/mol. The van der Waals surface area contributed by atoms with Crippen LogP contribution in [0.2, 0.25) is 0 Å². The van der Waals surface area contributed by atoms with E-state index in [2.05, 4.69) is 4.98 Å². The zero-order chi connectivity index (χ0) is 19.8. The predicted molar refractivity (Wildman–Crippen MR) is 94.3 cm³/mol. The molecular weight excluding hydrogens is 338 g/mol. The Morgan fingerprint density at radius 3 is 2.27 bits per heavy atom. The van der Waals surface area contributed by atoms with E-state index in [-0.39, 0.29) is 25.6 Å². The highest BCUT2D eigenvalue weighted by molar-refractivity contribution is 5.88. The summed E-state index contributed by atoms with van der Waals surface area (Å²) in [6, 6.07) is 3.22. The van der Waals surface area contributed by atoms with E-state index in [9.17, 15) is 14.4 Å². The van der Waals surface area contributed by atoms with Crippen LogP contribution in [0, 0.1) is 10.8 Å². The largest absolute Gasteiger partial charge is 0.469 e. The van der Waals surface area contributed by atoms with Crippen LogP contribution in [0.1, 0.15) is 50.9 Å². The van der Waals surface area contributed by atoms with Gasteiger partial charge < -0.3 is 14.2 Å². The fourth-order valence-corrected chi connectivity index (χ4v) is 2.68. The van der Waals surface area contributed by atoms with Gasteiger partial charge in [-0.3, -0.25) is 14.6 Å². The van der Waals surface area contributed by atoms with Gasteiger partial charge in [0.2, 0.25) is 0 Å². The lowest BCUT2D eigenvalue weighted by atomic mass is 9.72. The third kappa shape index (κ3) is 5.82. The molecule has 0 bridgehead atoms. The van der Waals surface area contributed by atoms with Gasteiger partial charge in [0, 0.05) is 12.4 Å². The molecule has 0 aliphatic heterocycles. The van der Waals surface area contributed by atoms with E-state index in [0.717, 1.165) is 0 Å². The Balaban J connectivity index is 2.53. The van der Waals surface area contributed by atoms with Crippen molar-refractivity contribution >= 4 is 17.9 Å². The van der Waals surface area contributed by atoms with Crippen molar-refractivity contribution in [3.63, 3.8) is 0 Å². The highest BCUT2D eigenvalue weighted by Crippen LogP contribution is 2.38. The number of carbonyl (C=O) groups excluding carboxylic acids is 3. The van der Waals surface area contributed by atoms with Crippen LogP contribution in [0.15, 0.2) is 24.5 Å². The summed E-state index contributed by atoms with van der Waals surface area (Å²) in [6.07, 6.45) is 3.75. The molecule has 0 spiro atoms. The standard InChI is InChI=1S/C19H27NO6/c1-6-19(4,13-18(2,3)16(22)24-5)17(23)26-11-10-25-15(21)14-8-7-9-20-12-14/h7-9,12H,6,10-11,13H2,1-5H3. The average Bonchev–Trinajstić information content (AvgIpc) is 2.64. The van der Waals surface area contributed by atoms with Crippen molar-refractivity contribution < 1.29 is 28.6 Å². The van der Waals surface area contributed by atoms with Gasteiger partial charge in [-0.1, -0.05) is 6.92 Å². The molecule has 0 aromatic carbocycles. The summed E-state index contributed by atoms with van der Waals surface area (Å²) in [5.41, 5.74) is -1.33. The van der Waals surface area contributed by atoms with Crippen molar-refractivity contribution in [2.24, 2.45) is 10.8 Å². The van der Waals surface area contributed by atoms with Crippen molar-refractivity contribution in [1.29, 1.82) is 0 Å². The van der Waals surface area contributed by atoms with Gasteiger partial charge in [0.15, 0.2) is 0 Å². The maximum absolute atomic E-state index is 12.5. The number of aromatic nitrogens is 1. The molecule has 0 saturated carbocycles. The Morgan fingerprint density at radius 2 is 1.73 bits per heavy atom. The van der Waals surface area contributed by atoms with Crippen molar-refractivity contribution in [2.45, 2.75) is 40.5 Å². The van der Waals surface area contributed by atoms with Crippen LogP contribution in [0.5, 0.6) is 0 Å². The molecular formula is C19H27NO6. The van der Waals surface area contributed by atoms with Gasteiger partial charge >= 0.3 is 17.9 Å². The SMILES string of the molecule is CCC(C)(CC(C)(C)C(=O)OC)C(=O)OCCOC(=O)c1cccnc1. The quantitative estimate of drug-likeness (QED) is 0.377. The number of pyridine rings is 1. The van der Waals surface area contributed by atoms with Crippen LogP contribution in [-0.4, -0.2) is 43.2 Å². The lowest BCUT2D eigenvalue weighted by Gasteiger charge is -2.33. The van der Waals surface area contributed by atoms with Gasteiger partial charge in [0.1, 0.15) is 13.2 Å². The van der Waals surface area contributed by atoms with E-state index in [1.54, 1.807) is 39.1 Å². The highest BCUT2D eigenvalue weighted by atomic mass is 16.6. The molecule has 0 N–H and O–H groups in total. The average molecular weight is 365 g/mol. The second-order valence-electron chi connectivity index (χ2n) is 6.98. The summed E-state index contributed by atoms with van der Waals surface area (Å²) in [7, 11) is 1.32. The second kappa shape index (κ2) is 9.31. The molecule has 7 heteroatoms. The zero-order valence-electron chi connectivity index (χ0n) is 16.0. The topological polar surface area (TPSA) is 91.8 Å². The summed E-state index contributed by atoms with van der Waals surface area (Å²) in [4.78, 5) is 40.0. The summed E-state index contributed by atoms with van der Waals surface area (Å²) >= 11 is 0. The molecule has 1 heterocycles. The van der Waals surface area contributed by atoms with Crippen molar-refractivity contribution in [3.8, 4) is 0 Å². The Bertz CT molecular complexity index is 628. The minimum absolute atomic E-state index is 0.0559. The van der Waals surface area contributed by atoms with Crippen LogP contribution in [-0.2, 0) is 23.8 Å². The van der Waals surface area contributed by atoms with Crippen molar-refractivity contribution in [1.82, 2.24) is 4.98 Å². The number of esters is 3. The molecule has 0 fully saturated rings. The molecule has 26 heavy (non-hydrogen) atoms. The molecule has 1 atom stereocenters. The second-order valence-corrected chi connectivity index (χ2v) is 6.98. The lowest BCUT2D eigenvalue weighted by molar-refractivity contribution is -0.162. The summed E-state index contributed by atoms with van der Waals surface area (Å²) in [5.74, 6) is -1.34. The van der Waals surface area contributed by atoms with Crippen molar-refractivity contribution in [3.05, 3.63) is 30.1 Å². The molecule has 1 unspecified atom stereocenters. The first-order valence-electron chi connectivity index (χ1n) is 8.49. The fourth-order valence-electron chi connectivity index (χ4n) is 2.68. The molecule has 1 aromatic rings. The lowest BCUT2D eigenvalue weighted by Crippen LogP contribution is -2.38. The molecule has 0 aliphatic rings. The van der Waals surface area contributed by atoms with Gasteiger partial charge in [0.25, 0.3) is 0 Å². The summed E-state index contributed by atoms with van der Waals surface area (Å²) in [6.45, 7) is 6.96. The molecule has 7 nitrogen and oxygen atoms in total. The number of hydrogen-bond donors (Lipinski definition) is 0. The van der Waals surface area contributed by atoms with Crippen molar-refractivity contribution in [2.75, 3.05) is 20.3 Å². The summed E-state index contributed by atoms with van der Waals surface area (Å²) < 4.78 is 15.1. The smallest absolute Gasteiger partial charge is 0.339 e. The first kappa shape index (κ1) is 21.6. The number of methoxy groups -OCH3 is 1. The molecule has 0 amide bonds. The number of hydrogen-bond acceptors (Lipinski definition) is 7. The number of carbonyl (C=O) groups is 3. The van der Waals surface area contributed by atoms with E-state index < -0.39 is 22.8 Å². The zero-order valence-corrected chi connectivity index (χ0v) is 16.0. The third-order valence-electron chi connectivity index (χ3n) is 4.29. The van der Waals surface area contributed by atoms with Crippen LogP contribution in [0.25, 0.3) is 0 Å². The van der Waals surface area contributed by atoms with E-state index in [1.807, 2.05) is 6.92 Å². The van der Waals surface area contributed by atoms with E-state index >= 15 is 0 Å². The van der Waals surface area contributed by atoms with E-state index in [4.69, 9.17) is 14.2 Å². The number of ether oxygens (including phenoxy) is 3. The van der Waals surface area contributed by atoms with Gasteiger partial charge in [-0.25, -0.2) is 4.79 Å². The van der Waals surface area contributed by atoms with Gasteiger partial charge in [-0.05, 0) is 45.7 Å². The number of rotatable bonds is 9. The molecule has 144 valence electrons. The van der Waals surface area contributed by atoms with Crippen LogP contribution >= 0.6 is 0 Å². The Labute approximate surface area is 154 Å². The molecule has 0 saturated heterocycles. The minimum atomic E-state index is -0.842. The van der Waals surface area contributed by atoms with Crippen LogP contribution in [0.3, 0.4) is 0 Å². The normalized spacial score (nSPS) is 13.4. The number of nitrogens with zero attached hydrogens (tertiary/aromatic N) is 1. The third-order valence-corrected chi connectivity index (χ3v) is 4.29. The first-order chi connectivity index (χ1) is 12.2. The Morgan fingerprint density at radius 1 is 1.08 bits per heavy atom. The first-order valence-corrected chi connectivity index (χ1v) is 8.49. The highest BCUT2D eigenvalue weighted by Gasteiger charge is 2.42. The van der Waals surface area contributed by atoms with E-state index in [0.29, 0.717) is 12.0 Å². The molecule has 1 aromatic heterocycles. The summed E-state index contributed by atoms with van der Waals surface area (Å²) in [5, 5.41) is 0. The molecule has 1 rings (SSSR count). The maximum Gasteiger partial charge on any atom is 0.339 e. The Kier molecular flexibility index (Phi) is 7.74. The molecule has 0 aliphatic carbocycles. The fraction of sp³-hybridized carbons (Fsp3) is 0.579. The van der Waals surface area contributed by atoms with Gasteiger partial charge in [-0.15, -0.1) is 0 Å². The maximum atomic E-state index is 12.5. The minimum Gasteiger partial charge on any atom is -0.469 e. The van der Waals surface area contributed by atoms with Gasteiger partial charge in [-0.2, -0.15) is 0 Å².